The molecular formula is C10H10Cl2O2. The van der Waals surface area contributed by atoms with E-state index in [1.165, 1.54) is 0 Å². The lowest BCUT2D eigenvalue weighted by atomic mass is 10.1. The maximum absolute atomic E-state index is 9.77. The average Bonchev–Trinajstić information content (AvgIpc) is 2.35. The lowest BCUT2D eigenvalue weighted by molar-refractivity contribution is 0.167. The molecule has 0 spiro atoms. The van der Waals surface area contributed by atoms with Gasteiger partial charge in [-0.3, -0.25) is 0 Å². The number of hydrogen-bond donors (Lipinski definition) is 1. The minimum absolute atomic E-state index is 0.394. The monoisotopic (exact) mass is 232 g/mol. The molecular weight excluding hydrogens is 223 g/mol. The number of fused-ring (bicyclic) bond motifs is 1. The normalized spacial score (nSPS) is 20.9. The zero-order chi connectivity index (χ0) is 10.1. The average molecular weight is 233 g/mol. The standard InChI is InChI=1S/C10H10Cl2O2/c11-7-4-3-6-8(13)2-1-5-14-10(6)9(7)12/h3-4,8,13H,1-2,5H2. The fraction of sp³-hybridized carbons (Fsp3) is 0.400. The molecule has 0 aliphatic carbocycles. The summed E-state index contributed by atoms with van der Waals surface area (Å²) < 4.78 is 5.45. The van der Waals surface area contributed by atoms with E-state index in [4.69, 9.17) is 27.9 Å². The zero-order valence-electron chi connectivity index (χ0n) is 7.46. The van der Waals surface area contributed by atoms with E-state index in [0.29, 0.717) is 28.8 Å². The van der Waals surface area contributed by atoms with E-state index in [9.17, 15) is 5.11 Å². The third kappa shape index (κ3) is 1.70. The highest BCUT2D eigenvalue weighted by atomic mass is 35.5. The Balaban J connectivity index is 2.53. The Morgan fingerprint density at radius 3 is 2.93 bits per heavy atom. The predicted molar refractivity (Wildman–Crippen MR) is 56.2 cm³/mol. The smallest absolute Gasteiger partial charge is 0.145 e. The third-order valence-electron chi connectivity index (χ3n) is 2.31. The number of hydrogen-bond acceptors (Lipinski definition) is 2. The molecule has 0 amide bonds. The lowest BCUT2D eigenvalue weighted by Crippen LogP contribution is -1.97. The summed E-state index contributed by atoms with van der Waals surface area (Å²) in [7, 11) is 0. The van der Waals surface area contributed by atoms with Crippen LogP contribution in [0.1, 0.15) is 24.5 Å². The number of rotatable bonds is 0. The molecule has 2 rings (SSSR count). The molecule has 76 valence electrons. The lowest BCUT2D eigenvalue weighted by Gasteiger charge is -2.12. The second kappa shape index (κ2) is 3.97. The van der Waals surface area contributed by atoms with Gasteiger partial charge in [0.2, 0.25) is 0 Å². The highest BCUT2D eigenvalue weighted by molar-refractivity contribution is 6.43. The molecule has 0 saturated heterocycles. The molecule has 1 atom stereocenters. The van der Waals surface area contributed by atoms with Gasteiger partial charge in [-0.2, -0.15) is 0 Å². The van der Waals surface area contributed by atoms with Crippen molar-refractivity contribution in [2.45, 2.75) is 18.9 Å². The number of ether oxygens (including phenoxy) is 1. The van der Waals surface area contributed by atoms with Gasteiger partial charge in [0.15, 0.2) is 0 Å². The van der Waals surface area contributed by atoms with Crippen LogP contribution in [0, 0.1) is 0 Å². The van der Waals surface area contributed by atoms with Gasteiger partial charge < -0.3 is 9.84 Å². The topological polar surface area (TPSA) is 29.5 Å². The maximum Gasteiger partial charge on any atom is 0.145 e. The minimum Gasteiger partial charge on any atom is -0.492 e. The van der Waals surface area contributed by atoms with E-state index >= 15 is 0 Å². The van der Waals surface area contributed by atoms with Crippen LogP contribution in [0.5, 0.6) is 5.75 Å². The van der Waals surface area contributed by atoms with Crippen molar-refractivity contribution in [3.63, 3.8) is 0 Å². The first kappa shape index (κ1) is 10.1. The van der Waals surface area contributed by atoms with Gasteiger partial charge in [0.1, 0.15) is 10.8 Å². The van der Waals surface area contributed by atoms with E-state index in [0.717, 1.165) is 12.0 Å². The first-order valence-corrected chi connectivity index (χ1v) is 5.24. The molecule has 1 N–H and O–H groups in total. The highest BCUT2D eigenvalue weighted by Crippen LogP contribution is 2.40. The molecule has 0 fully saturated rings. The van der Waals surface area contributed by atoms with Crippen LogP contribution in [0.4, 0.5) is 0 Å². The fourth-order valence-corrected chi connectivity index (χ4v) is 1.94. The Labute approximate surface area is 92.4 Å². The van der Waals surface area contributed by atoms with Crippen LogP contribution in [0.15, 0.2) is 12.1 Å². The van der Waals surface area contributed by atoms with E-state index in [1.54, 1.807) is 12.1 Å². The van der Waals surface area contributed by atoms with Gasteiger partial charge in [-0.25, -0.2) is 0 Å². The molecule has 4 heteroatoms. The van der Waals surface area contributed by atoms with E-state index < -0.39 is 6.10 Å². The van der Waals surface area contributed by atoms with Gasteiger partial charge in [-0.1, -0.05) is 29.3 Å². The van der Waals surface area contributed by atoms with Crippen molar-refractivity contribution in [2.75, 3.05) is 6.61 Å². The van der Waals surface area contributed by atoms with Crippen molar-refractivity contribution in [1.29, 1.82) is 0 Å². The summed E-state index contributed by atoms with van der Waals surface area (Å²) in [4.78, 5) is 0. The third-order valence-corrected chi connectivity index (χ3v) is 3.09. The summed E-state index contributed by atoms with van der Waals surface area (Å²) in [5.74, 6) is 0.532. The number of aliphatic hydroxyl groups excluding tert-OH is 1. The first-order valence-electron chi connectivity index (χ1n) is 4.49. The quantitative estimate of drug-likeness (QED) is 0.745. The SMILES string of the molecule is OC1CCCOc2c1ccc(Cl)c2Cl. The van der Waals surface area contributed by atoms with Gasteiger partial charge in [0.25, 0.3) is 0 Å². The second-order valence-corrected chi connectivity index (χ2v) is 4.07. The van der Waals surface area contributed by atoms with E-state index in [1.807, 2.05) is 0 Å². The van der Waals surface area contributed by atoms with Crippen molar-refractivity contribution in [2.24, 2.45) is 0 Å². The molecule has 1 aromatic rings. The molecule has 1 heterocycles. The number of benzene rings is 1. The van der Waals surface area contributed by atoms with Gasteiger partial charge in [0.05, 0.1) is 17.7 Å². The predicted octanol–water partition coefficient (Wildman–Crippen LogP) is 3.20. The van der Waals surface area contributed by atoms with Crippen LogP contribution in [0.2, 0.25) is 10.0 Å². The number of aliphatic hydroxyl groups is 1. The van der Waals surface area contributed by atoms with E-state index in [2.05, 4.69) is 0 Å². The molecule has 1 aromatic carbocycles. The summed E-state index contributed by atoms with van der Waals surface area (Å²) >= 11 is 11.8. The van der Waals surface area contributed by atoms with Crippen LogP contribution in [-0.4, -0.2) is 11.7 Å². The molecule has 2 nitrogen and oxygen atoms in total. The summed E-state index contributed by atoms with van der Waals surface area (Å²) in [5.41, 5.74) is 0.733. The molecule has 14 heavy (non-hydrogen) atoms. The molecule has 0 aromatic heterocycles. The molecule has 0 radical (unpaired) electrons. The van der Waals surface area contributed by atoms with Crippen molar-refractivity contribution in [3.8, 4) is 5.75 Å². The molecule has 0 saturated carbocycles. The zero-order valence-corrected chi connectivity index (χ0v) is 8.98. The van der Waals surface area contributed by atoms with Gasteiger partial charge in [-0.15, -0.1) is 0 Å². The van der Waals surface area contributed by atoms with Gasteiger partial charge in [0, 0.05) is 5.56 Å². The van der Waals surface area contributed by atoms with E-state index in [-0.39, 0.29) is 0 Å². The van der Waals surface area contributed by atoms with Gasteiger partial charge >= 0.3 is 0 Å². The Kier molecular flexibility index (Phi) is 2.86. The molecule has 1 aliphatic rings. The van der Waals surface area contributed by atoms with Crippen LogP contribution < -0.4 is 4.74 Å². The summed E-state index contributed by atoms with van der Waals surface area (Å²) in [6.07, 6.45) is 1.02. The van der Waals surface area contributed by atoms with Crippen molar-refractivity contribution >= 4 is 23.2 Å². The Bertz CT molecular complexity index is 352. The minimum atomic E-state index is -0.498. The maximum atomic E-state index is 9.77. The fourth-order valence-electron chi connectivity index (χ4n) is 1.56. The molecule has 1 aliphatic heterocycles. The van der Waals surface area contributed by atoms with Crippen LogP contribution >= 0.6 is 23.2 Å². The number of halogens is 2. The van der Waals surface area contributed by atoms with Gasteiger partial charge in [-0.05, 0) is 18.9 Å². The molecule has 1 unspecified atom stereocenters. The second-order valence-electron chi connectivity index (χ2n) is 3.29. The Morgan fingerprint density at radius 2 is 2.14 bits per heavy atom. The van der Waals surface area contributed by atoms with Crippen molar-refractivity contribution in [1.82, 2.24) is 0 Å². The summed E-state index contributed by atoms with van der Waals surface area (Å²) in [6, 6.07) is 3.44. The van der Waals surface area contributed by atoms with Crippen LogP contribution in [-0.2, 0) is 0 Å². The first-order chi connectivity index (χ1) is 6.70. The Hall–Kier alpha value is -0.440. The highest BCUT2D eigenvalue weighted by Gasteiger charge is 2.21. The van der Waals surface area contributed by atoms with Crippen molar-refractivity contribution in [3.05, 3.63) is 27.7 Å². The van der Waals surface area contributed by atoms with Crippen LogP contribution in [0.25, 0.3) is 0 Å². The Morgan fingerprint density at radius 1 is 1.36 bits per heavy atom. The largest absolute Gasteiger partial charge is 0.492 e. The summed E-state index contributed by atoms with van der Waals surface area (Å²) in [6.45, 7) is 0.574. The summed E-state index contributed by atoms with van der Waals surface area (Å²) in [5, 5.41) is 10.6. The van der Waals surface area contributed by atoms with Crippen molar-refractivity contribution < 1.29 is 9.84 Å². The van der Waals surface area contributed by atoms with Crippen LogP contribution in [0.3, 0.4) is 0 Å². The molecule has 0 bridgehead atoms.